The highest BCUT2D eigenvalue weighted by molar-refractivity contribution is 6.42. The van der Waals surface area contributed by atoms with Gasteiger partial charge in [0.05, 0.1) is 10.0 Å². The normalized spacial score (nSPS) is 13.9. The minimum absolute atomic E-state index is 0.0107. The van der Waals surface area contributed by atoms with E-state index in [1.807, 2.05) is 26.0 Å². The molecule has 2 aromatic rings. The first-order valence-electron chi connectivity index (χ1n) is 6.61. The first-order valence-corrected chi connectivity index (χ1v) is 7.37. The van der Waals surface area contributed by atoms with Crippen LogP contribution in [0.3, 0.4) is 0 Å². The molecule has 2 rings (SSSR count). The van der Waals surface area contributed by atoms with Crippen LogP contribution in [0.15, 0.2) is 36.4 Å². The SMILES string of the molecule is CC(NC(C)c1cc(O)ccc1O)c1ccc(Cl)c(Cl)c1. The van der Waals surface area contributed by atoms with Crippen molar-refractivity contribution in [3.8, 4) is 11.5 Å². The van der Waals surface area contributed by atoms with Gasteiger partial charge in [-0.3, -0.25) is 0 Å². The van der Waals surface area contributed by atoms with Crippen LogP contribution in [0.4, 0.5) is 0 Å². The lowest BCUT2D eigenvalue weighted by Gasteiger charge is -2.22. The third-order valence-corrected chi connectivity index (χ3v) is 4.16. The number of nitrogens with one attached hydrogen (secondary N) is 1. The monoisotopic (exact) mass is 325 g/mol. The van der Waals surface area contributed by atoms with Crippen molar-refractivity contribution in [1.82, 2.24) is 5.32 Å². The quantitative estimate of drug-likeness (QED) is 0.706. The largest absolute Gasteiger partial charge is 0.508 e. The van der Waals surface area contributed by atoms with Crippen LogP contribution >= 0.6 is 23.2 Å². The first kappa shape index (κ1) is 16.0. The maximum absolute atomic E-state index is 9.88. The van der Waals surface area contributed by atoms with Crippen molar-refractivity contribution in [2.24, 2.45) is 0 Å². The van der Waals surface area contributed by atoms with E-state index in [4.69, 9.17) is 23.2 Å². The topological polar surface area (TPSA) is 52.5 Å². The number of halogens is 2. The molecule has 0 saturated carbocycles. The molecule has 5 heteroatoms. The first-order chi connectivity index (χ1) is 9.88. The van der Waals surface area contributed by atoms with Crippen LogP contribution in [0.2, 0.25) is 10.0 Å². The van der Waals surface area contributed by atoms with Crippen LogP contribution < -0.4 is 5.32 Å². The highest BCUT2D eigenvalue weighted by Crippen LogP contribution is 2.30. The molecule has 2 unspecified atom stereocenters. The van der Waals surface area contributed by atoms with E-state index in [1.165, 1.54) is 12.1 Å². The van der Waals surface area contributed by atoms with Gasteiger partial charge in [-0.2, -0.15) is 0 Å². The third kappa shape index (κ3) is 3.82. The van der Waals surface area contributed by atoms with Crippen LogP contribution in [0, 0.1) is 0 Å². The Morgan fingerprint density at radius 2 is 1.62 bits per heavy atom. The van der Waals surface area contributed by atoms with Crippen LogP contribution in [0.5, 0.6) is 11.5 Å². The molecule has 0 spiro atoms. The molecule has 2 aromatic carbocycles. The van der Waals surface area contributed by atoms with Crippen molar-refractivity contribution >= 4 is 23.2 Å². The van der Waals surface area contributed by atoms with Gasteiger partial charge in [-0.1, -0.05) is 29.3 Å². The molecule has 0 fully saturated rings. The van der Waals surface area contributed by atoms with Gasteiger partial charge in [0, 0.05) is 17.6 Å². The van der Waals surface area contributed by atoms with E-state index < -0.39 is 0 Å². The molecule has 112 valence electrons. The lowest BCUT2D eigenvalue weighted by molar-refractivity contribution is 0.429. The van der Waals surface area contributed by atoms with Gasteiger partial charge in [0.2, 0.25) is 0 Å². The summed E-state index contributed by atoms with van der Waals surface area (Å²) in [5.74, 6) is 0.271. The second kappa shape index (κ2) is 6.56. The zero-order valence-electron chi connectivity index (χ0n) is 11.8. The molecular weight excluding hydrogens is 309 g/mol. The average molecular weight is 326 g/mol. The van der Waals surface area contributed by atoms with E-state index in [1.54, 1.807) is 12.1 Å². The van der Waals surface area contributed by atoms with E-state index in [9.17, 15) is 10.2 Å². The van der Waals surface area contributed by atoms with Crippen molar-refractivity contribution in [3.63, 3.8) is 0 Å². The minimum Gasteiger partial charge on any atom is -0.508 e. The second-order valence-electron chi connectivity index (χ2n) is 5.03. The van der Waals surface area contributed by atoms with Crippen molar-refractivity contribution in [3.05, 3.63) is 57.6 Å². The van der Waals surface area contributed by atoms with Crippen LogP contribution in [0.25, 0.3) is 0 Å². The Morgan fingerprint density at radius 3 is 2.29 bits per heavy atom. The highest BCUT2D eigenvalue weighted by Gasteiger charge is 2.15. The van der Waals surface area contributed by atoms with E-state index in [0.29, 0.717) is 15.6 Å². The Labute approximate surface area is 134 Å². The fourth-order valence-electron chi connectivity index (χ4n) is 2.23. The molecule has 2 atom stereocenters. The molecule has 0 heterocycles. The number of phenols is 2. The predicted molar refractivity (Wildman–Crippen MR) is 86.2 cm³/mol. The summed E-state index contributed by atoms with van der Waals surface area (Å²) in [5, 5.41) is 23.8. The molecule has 0 saturated heterocycles. The molecular formula is C16H17Cl2NO2. The Hall–Kier alpha value is -1.42. The summed E-state index contributed by atoms with van der Waals surface area (Å²) in [4.78, 5) is 0. The van der Waals surface area contributed by atoms with Gasteiger partial charge in [0.15, 0.2) is 0 Å². The summed E-state index contributed by atoms with van der Waals surface area (Å²) >= 11 is 11.9. The highest BCUT2D eigenvalue weighted by atomic mass is 35.5. The summed E-state index contributed by atoms with van der Waals surface area (Å²) in [7, 11) is 0. The van der Waals surface area contributed by atoms with Gasteiger partial charge in [-0.15, -0.1) is 0 Å². The van der Waals surface area contributed by atoms with Gasteiger partial charge < -0.3 is 15.5 Å². The Kier molecular flexibility index (Phi) is 4.99. The van der Waals surface area contributed by atoms with Gasteiger partial charge in [0.25, 0.3) is 0 Å². The second-order valence-corrected chi connectivity index (χ2v) is 5.84. The van der Waals surface area contributed by atoms with Crippen molar-refractivity contribution in [2.45, 2.75) is 25.9 Å². The molecule has 0 aliphatic carbocycles. The molecule has 0 bridgehead atoms. The van der Waals surface area contributed by atoms with Gasteiger partial charge in [-0.25, -0.2) is 0 Å². The number of rotatable bonds is 4. The Bertz CT molecular complexity index is 646. The van der Waals surface area contributed by atoms with Gasteiger partial charge in [0.1, 0.15) is 11.5 Å². The van der Waals surface area contributed by atoms with Gasteiger partial charge >= 0.3 is 0 Å². The Balaban J connectivity index is 2.16. The van der Waals surface area contributed by atoms with Crippen LogP contribution in [-0.4, -0.2) is 10.2 Å². The predicted octanol–water partition coefficient (Wildman–Crippen LogP) is 4.82. The lowest BCUT2D eigenvalue weighted by atomic mass is 10.0. The van der Waals surface area contributed by atoms with Crippen molar-refractivity contribution in [1.29, 1.82) is 0 Å². The van der Waals surface area contributed by atoms with Crippen molar-refractivity contribution < 1.29 is 10.2 Å². The average Bonchev–Trinajstić information content (AvgIpc) is 2.44. The van der Waals surface area contributed by atoms with Crippen LogP contribution in [-0.2, 0) is 0 Å². The zero-order valence-corrected chi connectivity index (χ0v) is 13.3. The number of aromatic hydroxyl groups is 2. The summed E-state index contributed by atoms with van der Waals surface area (Å²) in [6.45, 7) is 3.92. The fraction of sp³-hybridized carbons (Fsp3) is 0.250. The fourth-order valence-corrected chi connectivity index (χ4v) is 2.54. The summed E-state index contributed by atoms with van der Waals surface area (Å²) in [6, 6.07) is 9.83. The molecule has 3 nitrogen and oxygen atoms in total. The maximum Gasteiger partial charge on any atom is 0.120 e. The molecule has 0 aliphatic rings. The molecule has 0 aliphatic heterocycles. The summed E-state index contributed by atoms with van der Waals surface area (Å²) in [6.07, 6.45) is 0. The smallest absolute Gasteiger partial charge is 0.120 e. The van der Waals surface area contributed by atoms with E-state index in [2.05, 4.69) is 5.32 Å². The molecule has 21 heavy (non-hydrogen) atoms. The zero-order chi connectivity index (χ0) is 15.6. The van der Waals surface area contributed by atoms with E-state index in [-0.39, 0.29) is 23.6 Å². The number of hydrogen-bond donors (Lipinski definition) is 3. The minimum atomic E-state index is -0.137. The van der Waals surface area contributed by atoms with Crippen molar-refractivity contribution in [2.75, 3.05) is 0 Å². The number of hydrogen-bond acceptors (Lipinski definition) is 3. The van der Waals surface area contributed by atoms with E-state index >= 15 is 0 Å². The molecule has 0 amide bonds. The number of benzene rings is 2. The molecule has 0 aromatic heterocycles. The summed E-state index contributed by atoms with van der Waals surface area (Å²) < 4.78 is 0. The standard InChI is InChI=1S/C16H17Cl2NO2/c1-9(11-3-5-14(17)15(18)7-11)19-10(2)13-8-12(20)4-6-16(13)21/h3-10,19-21H,1-2H3. The molecule has 0 radical (unpaired) electrons. The lowest BCUT2D eigenvalue weighted by Crippen LogP contribution is -2.22. The van der Waals surface area contributed by atoms with Gasteiger partial charge in [-0.05, 0) is 49.7 Å². The van der Waals surface area contributed by atoms with Crippen LogP contribution in [0.1, 0.15) is 37.1 Å². The molecule has 3 N–H and O–H groups in total. The third-order valence-electron chi connectivity index (χ3n) is 3.42. The number of phenolic OH excluding ortho intramolecular Hbond substituents is 2. The van der Waals surface area contributed by atoms with E-state index in [0.717, 1.165) is 5.56 Å². The maximum atomic E-state index is 9.88. The Morgan fingerprint density at radius 1 is 0.905 bits per heavy atom. The summed E-state index contributed by atoms with van der Waals surface area (Å²) in [5.41, 5.74) is 1.64.